The second-order valence-corrected chi connectivity index (χ2v) is 5.48. The third kappa shape index (κ3) is 2.11. The number of nitrogens with one attached hydrogen (secondary N) is 1. The summed E-state index contributed by atoms with van der Waals surface area (Å²) in [7, 11) is 1.87. The molecular formula is C15H20N4. The molecule has 2 unspecified atom stereocenters. The molecular weight excluding hydrogens is 236 g/mol. The maximum atomic E-state index is 4.69. The van der Waals surface area contributed by atoms with Crippen LogP contribution in [0.3, 0.4) is 0 Å². The molecule has 1 aliphatic rings. The summed E-state index contributed by atoms with van der Waals surface area (Å²) in [6, 6.07) is 8.77. The van der Waals surface area contributed by atoms with E-state index in [1.165, 1.54) is 6.42 Å². The van der Waals surface area contributed by atoms with Gasteiger partial charge in [0.05, 0.1) is 5.52 Å². The number of benzene rings is 1. The van der Waals surface area contributed by atoms with Crippen molar-refractivity contribution >= 4 is 22.7 Å². The van der Waals surface area contributed by atoms with Crippen LogP contribution in [0.4, 0.5) is 11.8 Å². The van der Waals surface area contributed by atoms with Crippen molar-refractivity contribution in [2.75, 3.05) is 23.8 Å². The predicted octanol–water partition coefficient (Wildman–Crippen LogP) is 2.91. The normalized spacial score (nSPS) is 23.0. The molecule has 0 radical (unpaired) electrons. The van der Waals surface area contributed by atoms with Crippen LogP contribution < -0.4 is 10.2 Å². The second kappa shape index (κ2) is 4.68. The highest BCUT2D eigenvalue weighted by molar-refractivity contribution is 5.90. The minimum atomic E-state index is 0.540. The topological polar surface area (TPSA) is 41.1 Å². The van der Waals surface area contributed by atoms with Gasteiger partial charge in [0.1, 0.15) is 5.82 Å². The Balaban J connectivity index is 2.16. The van der Waals surface area contributed by atoms with E-state index in [0.717, 1.165) is 29.2 Å². The van der Waals surface area contributed by atoms with E-state index in [0.29, 0.717) is 12.0 Å². The van der Waals surface area contributed by atoms with E-state index in [2.05, 4.69) is 46.2 Å². The number of anilines is 2. The average molecular weight is 256 g/mol. The maximum absolute atomic E-state index is 4.69. The number of rotatable bonds is 2. The number of hydrogen-bond donors (Lipinski definition) is 1. The van der Waals surface area contributed by atoms with Crippen molar-refractivity contribution < 1.29 is 0 Å². The highest BCUT2D eigenvalue weighted by Crippen LogP contribution is 2.32. The van der Waals surface area contributed by atoms with Crippen LogP contribution in [-0.2, 0) is 0 Å². The summed E-state index contributed by atoms with van der Waals surface area (Å²) in [4.78, 5) is 11.6. The Kier molecular flexibility index (Phi) is 3.01. The standard InChI is InChI=1S/C15H20N4/c1-10-8-11(2)19(9-10)14-12-6-4-5-7-13(12)17-15(16-3)18-14/h4-7,10-11H,8-9H2,1-3H3,(H,16,17,18). The molecule has 100 valence electrons. The van der Waals surface area contributed by atoms with Gasteiger partial charge in [-0.2, -0.15) is 4.98 Å². The van der Waals surface area contributed by atoms with Crippen molar-refractivity contribution in [3.63, 3.8) is 0 Å². The zero-order chi connectivity index (χ0) is 13.4. The Morgan fingerprint density at radius 3 is 2.68 bits per heavy atom. The number of hydrogen-bond acceptors (Lipinski definition) is 4. The van der Waals surface area contributed by atoms with Gasteiger partial charge in [0.25, 0.3) is 0 Å². The largest absolute Gasteiger partial charge is 0.357 e. The zero-order valence-electron chi connectivity index (χ0n) is 11.7. The summed E-state index contributed by atoms with van der Waals surface area (Å²) in [6.07, 6.45) is 1.23. The summed E-state index contributed by atoms with van der Waals surface area (Å²) in [5.74, 6) is 2.48. The second-order valence-electron chi connectivity index (χ2n) is 5.48. The lowest BCUT2D eigenvalue weighted by Gasteiger charge is -2.24. The molecule has 0 spiro atoms. The number of para-hydroxylation sites is 1. The van der Waals surface area contributed by atoms with E-state index in [9.17, 15) is 0 Å². The molecule has 0 amide bonds. The molecule has 1 aromatic carbocycles. The molecule has 1 saturated heterocycles. The van der Waals surface area contributed by atoms with Crippen LogP contribution in [0, 0.1) is 5.92 Å². The summed E-state index contributed by atoms with van der Waals surface area (Å²) in [6.45, 7) is 5.66. The molecule has 0 saturated carbocycles. The van der Waals surface area contributed by atoms with Gasteiger partial charge >= 0.3 is 0 Å². The summed E-state index contributed by atoms with van der Waals surface area (Å²) in [5, 5.41) is 4.20. The Labute approximate surface area is 113 Å². The fourth-order valence-electron chi connectivity index (χ4n) is 2.99. The average Bonchev–Trinajstić information content (AvgIpc) is 2.76. The van der Waals surface area contributed by atoms with Crippen molar-refractivity contribution in [2.45, 2.75) is 26.3 Å². The van der Waals surface area contributed by atoms with Gasteiger partial charge in [-0.25, -0.2) is 4.98 Å². The minimum Gasteiger partial charge on any atom is -0.357 e. The van der Waals surface area contributed by atoms with E-state index in [4.69, 9.17) is 0 Å². The van der Waals surface area contributed by atoms with Crippen molar-refractivity contribution in [3.05, 3.63) is 24.3 Å². The molecule has 2 atom stereocenters. The van der Waals surface area contributed by atoms with Crippen LogP contribution in [0.15, 0.2) is 24.3 Å². The molecule has 2 aromatic rings. The number of aromatic nitrogens is 2. The quantitative estimate of drug-likeness (QED) is 0.897. The number of nitrogens with zero attached hydrogens (tertiary/aromatic N) is 3. The monoisotopic (exact) mass is 256 g/mol. The molecule has 4 heteroatoms. The first-order valence-electron chi connectivity index (χ1n) is 6.90. The first-order valence-corrected chi connectivity index (χ1v) is 6.90. The van der Waals surface area contributed by atoms with Crippen LogP contribution in [-0.4, -0.2) is 29.6 Å². The lowest BCUT2D eigenvalue weighted by Crippen LogP contribution is -2.28. The smallest absolute Gasteiger partial charge is 0.224 e. The van der Waals surface area contributed by atoms with Gasteiger partial charge in [0.15, 0.2) is 0 Å². The van der Waals surface area contributed by atoms with E-state index in [-0.39, 0.29) is 0 Å². The van der Waals surface area contributed by atoms with Crippen LogP contribution in [0.25, 0.3) is 10.9 Å². The van der Waals surface area contributed by atoms with Crippen molar-refractivity contribution in [1.82, 2.24) is 9.97 Å². The molecule has 1 aliphatic heterocycles. The lowest BCUT2D eigenvalue weighted by atomic mass is 10.1. The third-order valence-corrected chi connectivity index (χ3v) is 3.86. The zero-order valence-corrected chi connectivity index (χ0v) is 11.7. The molecule has 1 N–H and O–H groups in total. The first-order chi connectivity index (χ1) is 9.19. The van der Waals surface area contributed by atoms with Gasteiger partial charge in [-0.3, -0.25) is 0 Å². The van der Waals surface area contributed by atoms with E-state index in [1.807, 2.05) is 19.2 Å². The van der Waals surface area contributed by atoms with Gasteiger partial charge < -0.3 is 10.2 Å². The van der Waals surface area contributed by atoms with E-state index in [1.54, 1.807) is 0 Å². The van der Waals surface area contributed by atoms with Crippen LogP contribution in [0.2, 0.25) is 0 Å². The van der Waals surface area contributed by atoms with Crippen LogP contribution >= 0.6 is 0 Å². The van der Waals surface area contributed by atoms with Gasteiger partial charge in [-0.15, -0.1) is 0 Å². The highest BCUT2D eigenvalue weighted by atomic mass is 15.3. The molecule has 4 nitrogen and oxygen atoms in total. The molecule has 3 rings (SSSR count). The molecule has 0 bridgehead atoms. The van der Waals surface area contributed by atoms with Gasteiger partial charge in [0, 0.05) is 25.0 Å². The molecule has 0 aliphatic carbocycles. The minimum absolute atomic E-state index is 0.540. The maximum Gasteiger partial charge on any atom is 0.224 e. The fraction of sp³-hybridized carbons (Fsp3) is 0.467. The molecule has 19 heavy (non-hydrogen) atoms. The molecule has 2 heterocycles. The summed E-state index contributed by atoms with van der Waals surface area (Å²) < 4.78 is 0. The lowest BCUT2D eigenvalue weighted by molar-refractivity contribution is 0.625. The highest BCUT2D eigenvalue weighted by Gasteiger charge is 2.28. The molecule has 1 fully saturated rings. The number of fused-ring (bicyclic) bond motifs is 1. The van der Waals surface area contributed by atoms with Gasteiger partial charge in [-0.05, 0) is 31.4 Å². The first kappa shape index (κ1) is 12.2. The third-order valence-electron chi connectivity index (χ3n) is 3.86. The van der Waals surface area contributed by atoms with Crippen molar-refractivity contribution in [3.8, 4) is 0 Å². The Morgan fingerprint density at radius 1 is 1.21 bits per heavy atom. The van der Waals surface area contributed by atoms with Gasteiger partial charge in [0.2, 0.25) is 5.95 Å². The summed E-state index contributed by atoms with van der Waals surface area (Å²) >= 11 is 0. The molecule has 1 aromatic heterocycles. The van der Waals surface area contributed by atoms with Crippen molar-refractivity contribution in [2.24, 2.45) is 5.92 Å². The Hall–Kier alpha value is -1.84. The SMILES string of the molecule is CNc1nc(N2CC(C)CC2C)c2ccccc2n1. The Morgan fingerprint density at radius 2 is 2.00 bits per heavy atom. The van der Waals surface area contributed by atoms with Crippen LogP contribution in [0.5, 0.6) is 0 Å². The fourth-order valence-corrected chi connectivity index (χ4v) is 2.99. The van der Waals surface area contributed by atoms with E-state index < -0.39 is 0 Å². The Bertz CT molecular complexity index is 596. The van der Waals surface area contributed by atoms with Crippen LogP contribution in [0.1, 0.15) is 20.3 Å². The predicted molar refractivity (Wildman–Crippen MR) is 79.7 cm³/mol. The van der Waals surface area contributed by atoms with Gasteiger partial charge in [-0.1, -0.05) is 19.1 Å². The van der Waals surface area contributed by atoms with E-state index >= 15 is 0 Å². The van der Waals surface area contributed by atoms with Crippen molar-refractivity contribution in [1.29, 1.82) is 0 Å². The summed E-state index contributed by atoms with van der Waals surface area (Å²) in [5.41, 5.74) is 1.00.